The first-order valence-electron chi connectivity index (χ1n) is 9.35. The number of nitrogens with zero attached hydrogens (tertiary/aromatic N) is 2. The molecule has 0 saturated carbocycles. The minimum absolute atomic E-state index is 0.0472. The minimum atomic E-state index is -0.525. The zero-order valence-corrected chi connectivity index (χ0v) is 15.9. The van der Waals surface area contributed by atoms with E-state index in [4.69, 9.17) is 9.57 Å². The van der Waals surface area contributed by atoms with E-state index in [2.05, 4.69) is 12.1 Å². The van der Waals surface area contributed by atoms with Gasteiger partial charge < -0.3 is 4.74 Å². The number of amides is 1. The Hall–Kier alpha value is -3.12. The molecule has 1 atom stereocenters. The number of hydrogen-bond donors (Lipinski definition) is 0. The molecule has 0 saturated heterocycles. The van der Waals surface area contributed by atoms with Gasteiger partial charge in [-0.05, 0) is 30.5 Å². The molecule has 0 bridgehead atoms. The number of rotatable bonds is 6. The molecule has 4 rings (SSSR count). The summed E-state index contributed by atoms with van der Waals surface area (Å²) in [6, 6.07) is 17.1. The number of fused-ring (bicyclic) bond motifs is 3. The van der Waals surface area contributed by atoms with Crippen LogP contribution in [0.1, 0.15) is 36.2 Å². The maximum atomic E-state index is 13.1. The van der Waals surface area contributed by atoms with Crippen molar-refractivity contribution in [1.29, 1.82) is 0 Å². The summed E-state index contributed by atoms with van der Waals surface area (Å²) in [6.07, 6.45) is 0.708. The molecule has 3 aromatic rings. The van der Waals surface area contributed by atoms with Crippen LogP contribution in [-0.2, 0) is 20.8 Å². The molecule has 1 unspecified atom stereocenters. The Morgan fingerprint density at radius 2 is 1.79 bits per heavy atom. The van der Waals surface area contributed by atoms with E-state index in [1.165, 1.54) is 12.2 Å². The number of aromatic nitrogens is 1. The smallest absolute Gasteiger partial charge is 0.353 e. The molecule has 0 fully saturated rings. The van der Waals surface area contributed by atoms with Gasteiger partial charge in [0.15, 0.2) is 0 Å². The maximum Gasteiger partial charge on any atom is 0.353 e. The van der Waals surface area contributed by atoms with Gasteiger partial charge in [-0.2, -0.15) is 5.06 Å². The Bertz CT molecular complexity index is 1030. The van der Waals surface area contributed by atoms with Gasteiger partial charge in [0.1, 0.15) is 6.04 Å². The van der Waals surface area contributed by atoms with E-state index in [0.717, 1.165) is 27.7 Å². The molecule has 144 valence electrons. The van der Waals surface area contributed by atoms with Crippen molar-refractivity contribution in [3.8, 4) is 0 Å². The van der Waals surface area contributed by atoms with E-state index in [1.807, 2.05) is 42.5 Å². The van der Waals surface area contributed by atoms with Gasteiger partial charge in [0.2, 0.25) is 0 Å². The molecule has 0 spiro atoms. The van der Waals surface area contributed by atoms with Crippen LogP contribution in [0.4, 0.5) is 4.79 Å². The molecular formula is C22H22N2O4. The van der Waals surface area contributed by atoms with Crippen LogP contribution >= 0.6 is 0 Å². The van der Waals surface area contributed by atoms with Crippen molar-refractivity contribution in [2.24, 2.45) is 0 Å². The number of esters is 1. The average Bonchev–Trinajstić information content (AvgIpc) is 3.16. The first kappa shape index (κ1) is 18.3. The topological polar surface area (TPSA) is 60.8 Å². The first-order chi connectivity index (χ1) is 13.7. The summed E-state index contributed by atoms with van der Waals surface area (Å²) in [4.78, 5) is 30.7. The van der Waals surface area contributed by atoms with Crippen LogP contribution < -0.4 is 0 Å². The van der Waals surface area contributed by atoms with E-state index in [1.54, 1.807) is 11.5 Å². The van der Waals surface area contributed by atoms with E-state index >= 15 is 0 Å². The number of hydroxylamine groups is 2. The Kier molecular flexibility index (Phi) is 4.88. The predicted molar refractivity (Wildman–Crippen MR) is 105 cm³/mol. The number of ether oxygens (including phenoxy) is 1. The van der Waals surface area contributed by atoms with Crippen molar-refractivity contribution >= 4 is 22.9 Å². The summed E-state index contributed by atoms with van der Waals surface area (Å²) in [7, 11) is 1.45. The van der Waals surface area contributed by atoms with Crippen LogP contribution in [0.2, 0.25) is 0 Å². The fraction of sp³-hybridized carbons (Fsp3) is 0.273. The van der Waals surface area contributed by atoms with Gasteiger partial charge in [-0.1, -0.05) is 48.5 Å². The summed E-state index contributed by atoms with van der Waals surface area (Å²) >= 11 is 0. The SMILES string of the molecule is CCOC(=O)CC1c2c(Cc3ccccc3)c3ccccc3n2C(=O)N1OC. The summed E-state index contributed by atoms with van der Waals surface area (Å²) in [6.45, 7) is 2.07. The Balaban J connectivity index is 1.88. The molecule has 6 nitrogen and oxygen atoms in total. The lowest BCUT2D eigenvalue weighted by molar-refractivity contribution is -0.151. The quantitative estimate of drug-likeness (QED) is 0.607. The summed E-state index contributed by atoms with van der Waals surface area (Å²) in [5.74, 6) is -0.355. The highest BCUT2D eigenvalue weighted by molar-refractivity contribution is 5.98. The van der Waals surface area contributed by atoms with Crippen molar-refractivity contribution in [2.75, 3.05) is 13.7 Å². The molecule has 1 amide bonds. The van der Waals surface area contributed by atoms with Crippen molar-refractivity contribution in [1.82, 2.24) is 9.63 Å². The second-order valence-electron chi connectivity index (χ2n) is 6.69. The highest BCUT2D eigenvalue weighted by atomic mass is 16.7. The molecule has 0 aliphatic carbocycles. The van der Waals surface area contributed by atoms with Gasteiger partial charge in [-0.3, -0.25) is 14.2 Å². The largest absolute Gasteiger partial charge is 0.466 e. The van der Waals surface area contributed by atoms with E-state index < -0.39 is 6.04 Å². The minimum Gasteiger partial charge on any atom is -0.466 e. The van der Waals surface area contributed by atoms with Crippen molar-refractivity contribution in [3.05, 3.63) is 71.4 Å². The number of carbonyl (C=O) groups excluding carboxylic acids is 2. The van der Waals surface area contributed by atoms with Gasteiger partial charge in [-0.15, -0.1) is 0 Å². The predicted octanol–water partition coefficient (Wildman–Crippen LogP) is 4.07. The Labute approximate surface area is 163 Å². The van der Waals surface area contributed by atoms with Crippen LogP contribution in [0.15, 0.2) is 54.6 Å². The Morgan fingerprint density at radius 3 is 2.50 bits per heavy atom. The van der Waals surface area contributed by atoms with Crippen LogP contribution in [0.25, 0.3) is 10.9 Å². The number of hydrogen-bond acceptors (Lipinski definition) is 4. The zero-order valence-electron chi connectivity index (χ0n) is 15.9. The van der Waals surface area contributed by atoms with Gasteiger partial charge in [0.25, 0.3) is 0 Å². The third kappa shape index (κ3) is 2.96. The monoisotopic (exact) mass is 378 g/mol. The summed E-state index contributed by atoms with van der Waals surface area (Å²) in [5, 5.41) is 2.28. The molecule has 2 aromatic carbocycles. The van der Waals surface area contributed by atoms with E-state index in [9.17, 15) is 9.59 Å². The van der Waals surface area contributed by atoms with Crippen molar-refractivity contribution in [3.63, 3.8) is 0 Å². The first-order valence-corrected chi connectivity index (χ1v) is 9.35. The normalized spacial score (nSPS) is 15.9. The van der Waals surface area contributed by atoms with Gasteiger partial charge in [0.05, 0.1) is 31.3 Å². The molecule has 0 N–H and O–H groups in total. The molecule has 0 radical (unpaired) electrons. The third-order valence-corrected chi connectivity index (χ3v) is 5.08. The fourth-order valence-corrected chi connectivity index (χ4v) is 3.97. The van der Waals surface area contributed by atoms with E-state index in [0.29, 0.717) is 13.0 Å². The lowest BCUT2D eigenvalue weighted by Crippen LogP contribution is -2.30. The van der Waals surface area contributed by atoms with E-state index in [-0.39, 0.29) is 18.4 Å². The zero-order chi connectivity index (χ0) is 19.7. The average molecular weight is 378 g/mol. The second-order valence-corrected chi connectivity index (χ2v) is 6.69. The lowest BCUT2D eigenvalue weighted by atomic mass is 9.98. The van der Waals surface area contributed by atoms with Crippen molar-refractivity contribution in [2.45, 2.75) is 25.8 Å². The van der Waals surface area contributed by atoms with Gasteiger partial charge in [0, 0.05) is 5.39 Å². The summed E-state index contributed by atoms with van der Waals surface area (Å²) < 4.78 is 6.81. The van der Waals surface area contributed by atoms with Crippen molar-refractivity contribution < 1.29 is 19.2 Å². The molecular weight excluding hydrogens is 356 g/mol. The summed E-state index contributed by atoms with van der Waals surface area (Å²) in [5.41, 5.74) is 3.79. The Morgan fingerprint density at radius 1 is 1.07 bits per heavy atom. The lowest BCUT2D eigenvalue weighted by Gasteiger charge is -2.21. The molecule has 28 heavy (non-hydrogen) atoms. The van der Waals surface area contributed by atoms with Crippen LogP contribution in [0.3, 0.4) is 0 Å². The standard InChI is InChI=1S/C22H22N2O4/c1-3-28-20(25)14-19-21-17(13-15-9-5-4-6-10-15)16-11-7-8-12-18(16)23(21)22(26)24(19)27-2/h4-12,19H,3,13-14H2,1-2H3. The van der Waals surface area contributed by atoms with Gasteiger partial charge >= 0.3 is 12.0 Å². The fourth-order valence-electron chi connectivity index (χ4n) is 3.97. The van der Waals surface area contributed by atoms with Crippen LogP contribution in [-0.4, -0.2) is 35.3 Å². The molecule has 1 aromatic heterocycles. The van der Waals surface area contributed by atoms with Crippen LogP contribution in [0.5, 0.6) is 0 Å². The second kappa shape index (κ2) is 7.48. The molecule has 1 aliphatic rings. The highest BCUT2D eigenvalue weighted by Crippen LogP contribution is 2.41. The highest BCUT2D eigenvalue weighted by Gasteiger charge is 2.42. The number of carbonyl (C=O) groups is 2. The van der Waals surface area contributed by atoms with Crippen LogP contribution in [0, 0.1) is 0 Å². The maximum absolute atomic E-state index is 13.1. The molecule has 1 aliphatic heterocycles. The molecule has 6 heteroatoms. The third-order valence-electron chi connectivity index (χ3n) is 5.08. The number of benzene rings is 2. The number of para-hydroxylation sites is 1. The molecule has 2 heterocycles. The van der Waals surface area contributed by atoms with Gasteiger partial charge in [-0.25, -0.2) is 4.79 Å².